The summed E-state index contributed by atoms with van der Waals surface area (Å²) in [6.07, 6.45) is 1.08. The van der Waals surface area contributed by atoms with E-state index in [9.17, 15) is 0 Å². The van der Waals surface area contributed by atoms with Gasteiger partial charge < -0.3 is 10.1 Å². The van der Waals surface area contributed by atoms with E-state index in [0.717, 1.165) is 29.8 Å². The maximum absolute atomic E-state index is 5.92. The third-order valence-electron chi connectivity index (χ3n) is 2.69. The molecular formula is C15H24BrNO. The maximum Gasteiger partial charge on any atom is 0.137 e. The number of rotatable bonds is 7. The van der Waals surface area contributed by atoms with Gasteiger partial charge in [-0.3, -0.25) is 0 Å². The van der Waals surface area contributed by atoms with E-state index >= 15 is 0 Å². The molecule has 0 aliphatic rings. The zero-order valence-electron chi connectivity index (χ0n) is 11.8. The van der Waals surface area contributed by atoms with Crippen LogP contribution in [0.5, 0.6) is 5.75 Å². The van der Waals surface area contributed by atoms with Crippen LogP contribution in [0, 0.1) is 5.92 Å². The maximum atomic E-state index is 5.92. The van der Waals surface area contributed by atoms with Crippen molar-refractivity contribution in [2.24, 2.45) is 5.92 Å². The molecule has 0 radical (unpaired) electrons. The lowest BCUT2D eigenvalue weighted by Gasteiger charge is -2.15. The summed E-state index contributed by atoms with van der Waals surface area (Å²) in [6.45, 7) is 10.3. The molecular weight excluding hydrogens is 290 g/mol. The van der Waals surface area contributed by atoms with Gasteiger partial charge in [-0.05, 0) is 34.3 Å². The molecule has 0 bridgehead atoms. The van der Waals surface area contributed by atoms with Crippen molar-refractivity contribution in [1.29, 1.82) is 0 Å². The van der Waals surface area contributed by atoms with Crippen LogP contribution in [0.2, 0.25) is 0 Å². The number of halogens is 1. The Kier molecular flexibility index (Phi) is 6.72. The molecule has 0 saturated carbocycles. The summed E-state index contributed by atoms with van der Waals surface area (Å²) in [4.78, 5) is 0. The first-order valence-corrected chi connectivity index (χ1v) is 7.43. The number of hydrogen-bond acceptors (Lipinski definition) is 2. The summed E-state index contributed by atoms with van der Waals surface area (Å²) >= 11 is 3.57. The molecule has 1 aromatic carbocycles. The Hall–Kier alpha value is -0.540. The Morgan fingerprint density at radius 3 is 2.56 bits per heavy atom. The lowest BCUT2D eigenvalue weighted by atomic mass is 10.1. The highest BCUT2D eigenvalue weighted by Gasteiger charge is 2.08. The molecule has 0 atom stereocenters. The lowest BCUT2D eigenvalue weighted by molar-refractivity contribution is 0.284. The fraction of sp³-hybridized carbons (Fsp3) is 0.600. The average molecular weight is 314 g/mol. The van der Waals surface area contributed by atoms with Gasteiger partial charge in [-0.25, -0.2) is 0 Å². The monoisotopic (exact) mass is 313 g/mol. The molecule has 1 N–H and O–H groups in total. The Bertz CT molecular complexity index is 364. The van der Waals surface area contributed by atoms with Gasteiger partial charge in [0.1, 0.15) is 5.75 Å². The first kappa shape index (κ1) is 15.5. The quantitative estimate of drug-likeness (QED) is 0.807. The van der Waals surface area contributed by atoms with Crippen LogP contribution in [0.25, 0.3) is 0 Å². The van der Waals surface area contributed by atoms with Crippen LogP contribution >= 0.6 is 15.9 Å². The second kappa shape index (κ2) is 7.80. The normalized spacial score (nSPS) is 11.3. The molecule has 0 aliphatic heterocycles. The topological polar surface area (TPSA) is 21.3 Å². The molecule has 0 aromatic heterocycles. The van der Waals surface area contributed by atoms with Crippen LogP contribution in [0.3, 0.4) is 0 Å². The van der Waals surface area contributed by atoms with Gasteiger partial charge in [0.15, 0.2) is 0 Å². The van der Waals surface area contributed by atoms with E-state index in [4.69, 9.17) is 4.74 Å². The van der Waals surface area contributed by atoms with Crippen LogP contribution in [-0.4, -0.2) is 12.6 Å². The zero-order valence-corrected chi connectivity index (χ0v) is 13.4. The first-order valence-electron chi connectivity index (χ1n) is 6.64. The van der Waals surface area contributed by atoms with Crippen molar-refractivity contribution in [3.63, 3.8) is 0 Å². The van der Waals surface area contributed by atoms with Crippen molar-refractivity contribution in [2.45, 2.75) is 46.7 Å². The fourth-order valence-electron chi connectivity index (χ4n) is 1.57. The van der Waals surface area contributed by atoms with E-state index < -0.39 is 0 Å². The van der Waals surface area contributed by atoms with E-state index in [1.807, 2.05) is 6.07 Å². The van der Waals surface area contributed by atoms with E-state index in [2.05, 4.69) is 61.1 Å². The van der Waals surface area contributed by atoms with Gasteiger partial charge in [-0.15, -0.1) is 0 Å². The summed E-state index contributed by atoms with van der Waals surface area (Å²) in [5, 5.41) is 3.43. The van der Waals surface area contributed by atoms with Crippen LogP contribution in [0.1, 0.15) is 39.7 Å². The van der Waals surface area contributed by atoms with Crippen molar-refractivity contribution in [1.82, 2.24) is 5.32 Å². The van der Waals surface area contributed by atoms with E-state index in [1.165, 1.54) is 5.56 Å². The van der Waals surface area contributed by atoms with E-state index in [0.29, 0.717) is 12.0 Å². The molecule has 0 unspecified atom stereocenters. The lowest BCUT2D eigenvalue weighted by Crippen LogP contribution is -2.22. The predicted octanol–water partition coefficient (Wildman–Crippen LogP) is 4.37. The minimum absolute atomic E-state index is 0.479. The summed E-state index contributed by atoms with van der Waals surface area (Å²) < 4.78 is 6.96. The largest absolute Gasteiger partial charge is 0.492 e. The molecule has 0 fully saturated rings. The molecule has 2 nitrogen and oxygen atoms in total. The Morgan fingerprint density at radius 1 is 1.22 bits per heavy atom. The average Bonchev–Trinajstić information content (AvgIpc) is 2.28. The van der Waals surface area contributed by atoms with Gasteiger partial charge in [0.05, 0.1) is 11.1 Å². The van der Waals surface area contributed by atoms with Gasteiger partial charge in [-0.1, -0.05) is 39.8 Å². The molecule has 1 aromatic rings. The third kappa shape index (κ3) is 5.40. The smallest absolute Gasteiger partial charge is 0.137 e. The van der Waals surface area contributed by atoms with Crippen molar-refractivity contribution < 1.29 is 4.74 Å². The molecule has 1 rings (SSSR count). The second-order valence-corrected chi connectivity index (χ2v) is 6.15. The minimum atomic E-state index is 0.479. The molecule has 0 saturated heterocycles. The van der Waals surface area contributed by atoms with Crippen LogP contribution in [0.15, 0.2) is 22.7 Å². The molecule has 3 heteroatoms. The van der Waals surface area contributed by atoms with Crippen molar-refractivity contribution in [2.75, 3.05) is 6.61 Å². The van der Waals surface area contributed by atoms with Crippen LogP contribution in [0.4, 0.5) is 0 Å². The summed E-state index contributed by atoms with van der Waals surface area (Å²) in [5.41, 5.74) is 1.21. The molecule has 0 amide bonds. The number of benzene rings is 1. The summed E-state index contributed by atoms with van der Waals surface area (Å²) in [7, 11) is 0. The SMILES string of the molecule is CC(C)CCOc1c(Br)cccc1CNC(C)C. The highest BCUT2D eigenvalue weighted by molar-refractivity contribution is 9.10. The van der Waals surface area contributed by atoms with Crippen molar-refractivity contribution in [3.05, 3.63) is 28.2 Å². The van der Waals surface area contributed by atoms with Gasteiger partial charge in [0.2, 0.25) is 0 Å². The molecule has 0 heterocycles. The highest BCUT2D eigenvalue weighted by Crippen LogP contribution is 2.29. The predicted molar refractivity (Wildman–Crippen MR) is 81.1 cm³/mol. The van der Waals surface area contributed by atoms with E-state index in [1.54, 1.807) is 0 Å². The molecule has 0 spiro atoms. The molecule has 18 heavy (non-hydrogen) atoms. The second-order valence-electron chi connectivity index (χ2n) is 5.29. The standard InChI is InChI=1S/C15H24BrNO/c1-11(2)8-9-18-15-13(10-17-12(3)4)6-5-7-14(15)16/h5-7,11-12,17H,8-10H2,1-4H3. The highest BCUT2D eigenvalue weighted by atomic mass is 79.9. The van der Waals surface area contributed by atoms with Gasteiger partial charge in [0, 0.05) is 18.2 Å². The fourth-order valence-corrected chi connectivity index (χ4v) is 2.09. The van der Waals surface area contributed by atoms with Gasteiger partial charge in [0.25, 0.3) is 0 Å². The van der Waals surface area contributed by atoms with Crippen LogP contribution in [-0.2, 0) is 6.54 Å². The zero-order chi connectivity index (χ0) is 13.5. The van der Waals surface area contributed by atoms with Gasteiger partial charge >= 0.3 is 0 Å². The number of hydrogen-bond donors (Lipinski definition) is 1. The molecule has 102 valence electrons. The number of nitrogens with one attached hydrogen (secondary N) is 1. The number of ether oxygens (including phenoxy) is 1. The Morgan fingerprint density at radius 2 is 1.94 bits per heavy atom. The third-order valence-corrected chi connectivity index (χ3v) is 3.32. The minimum Gasteiger partial charge on any atom is -0.492 e. The van der Waals surface area contributed by atoms with Crippen molar-refractivity contribution >= 4 is 15.9 Å². The Balaban J connectivity index is 2.67. The summed E-state index contributed by atoms with van der Waals surface area (Å²) in [5.74, 6) is 1.65. The van der Waals surface area contributed by atoms with Crippen molar-refractivity contribution in [3.8, 4) is 5.75 Å². The first-order chi connectivity index (χ1) is 8.50. The summed E-state index contributed by atoms with van der Waals surface area (Å²) in [6, 6.07) is 6.68. The van der Waals surface area contributed by atoms with Gasteiger partial charge in [-0.2, -0.15) is 0 Å². The van der Waals surface area contributed by atoms with E-state index in [-0.39, 0.29) is 0 Å². The molecule has 0 aliphatic carbocycles. The Labute approximate surface area is 119 Å². The van der Waals surface area contributed by atoms with Crippen LogP contribution < -0.4 is 10.1 Å². The number of para-hydroxylation sites is 1.